The molecule has 10 heteroatoms. The number of anilines is 1. The molecule has 10 nitrogen and oxygen atoms in total. The van der Waals surface area contributed by atoms with Gasteiger partial charge >= 0.3 is 12.1 Å². The van der Waals surface area contributed by atoms with Crippen LogP contribution in [-0.4, -0.2) is 71.7 Å². The van der Waals surface area contributed by atoms with Gasteiger partial charge in [-0.2, -0.15) is 0 Å². The summed E-state index contributed by atoms with van der Waals surface area (Å²) in [6, 6.07) is 4.70. The first-order chi connectivity index (χ1) is 14.6. The van der Waals surface area contributed by atoms with Gasteiger partial charge in [-0.05, 0) is 32.9 Å². The summed E-state index contributed by atoms with van der Waals surface area (Å²) in [4.78, 5) is 47.2. The number of amides is 2. The van der Waals surface area contributed by atoms with Gasteiger partial charge in [0.15, 0.2) is 0 Å². The molecule has 2 aromatic rings. The van der Waals surface area contributed by atoms with Gasteiger partial charge in [-0.3, -0.25) is 4.79 Å². The Morgan fingerprint density at radius 3 is 2.55 bits per heavy atom. The number of hydrogen-bond donors (Lipinski definition) is 2. The van der Waals surface area contributed by atoms with Crippen LogP contribution in [0.15, 0.2) is 24.5 Å². The quantitative estimate of drug-likeness (QED) is 0.706. The molecule has 2 amide bonds. The third kappa shape index (κ3) is 4.84. The topological polar surface area (TPSA) is 123 Å². The van der Waals surface area contributed by atoms with Crippen molar-refractivity contribution >= 4 is 34.7 Å². The molecule has 166 valence electrons. The average Bonchev–Trinajstić information content (AvgIpc) is 3.15. The number of carbonyl (C=O) groups is 3. The van der Waals surface area contributed by atoms with Crippen molar-refractivity contribution in [3.63, 3.8) is 0 Å². The highest BCUT2D eigenvalue weighted by Crippen LogP contribution is 2.27. The lowest BCUT2D eigenvalue weighted by Gasteiger charge is -2.24. The van der Waals surface area contributed by atoms with Crippen LogP contribution in [0.25, 0.3) is 10.9 Å². The lowest BCUT2D eigenvalue weighted by Crippen LogP contribution is -2.39. The van der Waals surface area contributed by atoms with Crippen LogP contribution in [0, 0.1) is 5.92 Å². The number of fused-ring (bicyclic) bond motifs is 1. The van der Waals surface area contributed by atoms with Crippen molar-refractivity contribution in [2.75, 3.05) is 32.6 Å². The van der Waals surface area contributed by atoms with Gasteiger partial charge in [0.05, 0.1) is 30.1 Å². The molecule has 1 aliphatic rings. The lowest BCUT2D eigenvalue weighted by atomic mass is 10.0. The molecule has 0 saturated carbocycles. The Morgan fingerprint density at radius 1 is 1.16 bits per heavy atom. The molecule has 2 unspecified atom stereocenters. The fourth-order valence-corrected chi connectivity index (χ4v) is 3.53. The molecule has 31 heavy (non-hydrogen) atoms. The van der Waals surface area contributed by atoms with Crippen molar-refractivity contribution in [3.8, 4) is 0 Å². The predicted molar refractivity (Wildman–Crippen MR) is 114 cm³/mol. The maximum atomic E-state index is 12.5. The molecule has 1 aliphatic heterocycles. The molecule has 2 heterocycles. The predicted octanol–water partition coefficient (Wildman–Crippen LogP) is 1.81. The molecule has 1 aromatic carbocycles. The summed E-state index contributed by atoms with van der Waals surface area (Å²) in [5, 5.41) is 6.52. The summed E-state index contributed by atoms with van der Waals surface area (Å²) in [5.74, 6) is -0.750. The monoisotopic (exact) mass is 429 g/mol. The summed E-state index contributed by atoms with van der Waals surface area (Å²) in [7, 11) is 2.86. The zero-order chi connectivity index (χ0) is 22.8. The number of rotatable bonds is 4. The normalized spacial score (nSPS) is 18.5. The van der Waals surface area contributed by atoms with Crippen LogP contribution in [0.5, 0.6) is 0 Å². The Kier molecular flexibility index (Phi) is 6.28. The molecule has 1 fully saturated rings. The van der Waals surface area contributed by atoms with Crippen molar-refractivity contribution in [1.29, 1.82) is 0 Å². The summed E-state index contributed by atoms with van der Waals surface area (Å²) in [5.41, 5.74) is 0.110. The first kappa shape index (κ1) is 22.3. The minimum atomic E-state index is -0.641. The van der Waals surface area contributed by atoms with Crippen molar-refractivity contribution < 1.29 is 23.9 Å². The Bertz CT molecular complexity index is 1000. The zero-order valence-corrected chi connectivity index (χ0v) is 18.3. The van der Waals surface area contributed by atoms with Crippen molar-refractivity contribution in [2.24, 2.45) is 5.92 Å². The van der Waals surface area contributed by atoms with E-state index in [1.165, 1.54) is 18.3 Å². The highest BCUT2D eigenvalue weighted by atomic mass is 16.6. The Hall–Kier alpha value is -3.43. The first-order valence-corrected chi connectivity index (χ1v) is 9.92. The summed E-state index contributed by atoms with van der Waals surface area (Å²) in [6.07, 6.45) is 0.860. The standard InChI is InChI=1S/C21H27N5O5/c1-21(2,3)31-20(29)26-9-14(18(27)22-4)15(10-26)25-17-12-7-6-8-13(19(28)30-5)16(12)23-11-24-17/h6-8,11,14-15H,9-10H2,1-5H3,(H,22,27)(H,23,24,25). The summed E-state index contributed by atoms with van der Waals surface area (Å²) >= 11 is 0. The van der Waals surface area contributed by atoms with E-state index in [9.17, 15) is 14.4 Å². The molecule has 0 radical (unpaired) electrons. The van der Waals surface area contributed by atoms with Gasteiger partial charge in [-0.25, -0.2) is 19.6 Å². The number of aromatic nitrogens is 2. The van der Waals surface area contributed by atoms with Crippen LogP contribution >= 0.6 is 0 Å². The minimum Gasteiger partial charge on any atom is -0.465 e. The van der Waals surface area contributed by atoms with E-state index in [0.29, 0.717) is 22.3 Å². The molecule has 0 bridgehead atoms. The van der Waals surface area contributed by atoms with E-state index in [1.807, 2.05) is 0 Å². The van der Waals surface area contributed by atoms with E-state index in [-0.39, 0.29) is 19.0 Å². The van der Waals surface area contributed by atoms with Gasteiger partial charge in [0.2, 0.25) is 5.91 Å². The Balaban J connectivity index is 1.91. The van der Waals surface area contributed by atoms with Gasteiger partial charge < -0.3 is 25.0 Å². The molecule has 1 saturated heterocycles. The van der Waals surface area contributed by atoms with E-state index in [4.69, 9.17) is 9.47 Å². The van der Waals surface area contributed by atoms with Crippen LogP contribution in [0.1, 0.15) is 31.1 Å². The van der Waals surface area contributed by atoms with Crippen LogP contribution < -0.4 is 10.6 Å². The number of nitrogens with one attached hydrogen (secondary N) is 2. The van der Waals surface area contributed by atoms with Gasteiger partial charge in [0.25, 0.3) is 0 Å². The molecular weight excluding hydrogens is 402 g/mol. The Labute approximate surface area is 180 Å². The number of hydrogen-bond acceptors (Lipinski definition) is 8. The number of likely N-dealkylation sites (tertiary alicyclic amines) is 1. The number of esters is 1. The summed E-state index contributed by atoms with van der Waals surface area (Å²) < 4.78 is 10.3. The smallest absolute Gasteiger partial charge is 0.410 e. The second-order valence-electron chi connectivity index (χ2n) is 8.27. The van der Waals surface area contributed by atoms with Crippen molar-refractivity contribution in [3.05, 3.63) is 30.1 Å². The van der Waals surface area contributed by atoms with Gasteiger partial charge in [0, 0.05) is 25.5 Å². The third-order valence-corrected chi connectivity index (χ3v) is 4.95. The number of methoxy groups -OCH3 is 1. The molecule has 0 spiro atoms. The first-order valence-electron chi connectivity index (χ1n) is 9.92. The van der Waals surface area contributed by atoms with Crippen LogP contribution in [0.3, 0.4) is 0 Å². The molecule has 0 aliphatic carbocycles. The van der Waals surface area contributed by atoms with E-state index in [0.717, 1.165) is 0 Å². The second-order valence-corrected chi connectivity index (χ2v) is 8.27. The molecule has 2 N–H and O–H groups in total. The largest absolute Gasteiger partial charge is 0.465 e. The highest BCUT2D eigenvalue weighted by molar-refractivity contribution is 6.05. The highest BCUT2D eigenvalue weighted by Gasteiger charge is 2.41. The van der Waals surface area contributed by atoms with Crippen LogP contribution in [0.2, 0.25) is 0 Å². The number of ether oxygens (including phenoxy) is 2. The fourth-order valence-electron chi connectivity index (χ4n) is 3.53. The van der Waals surface area contributed by atoms with E-state index < -0.39 is 29.6 Å². The maximum absolute atomic E-state index is 12.5. The van der Waals surface area contributed by atoms with Gasteiger partial charge in [-0.1, -0.05) is 6.07 Å². The number of nitrogens with zero attached hydrogens (tertiary/aromatic N) is 3. The maximum Gasteiger partial charge on any atom is 0.410 e. The average molecular weight is 429 g/mol. The van der Waals surface area contributed by atoms with Crippen LogP contribution in [0.4, 0.5) is 10.6 Å². The number of benzene rings is 1. The van der Waals surface area contributed by atoms with Crippen molar-refractivity contribution in [1.82, 2.24) is 20.2 Å². The van der Waals surface area contributed by atoms with Crippen molar-refractivity contribution in [2.45, 2.75) is 32.4 Å². The number of carbonyl (C=O) groups excluding carboxylic acids is 3. The van der Waals surface area contributed by atoms with E-state index in [2.05, 4.69) is 20.6 Å². The molecular formula is C21H27N5O5. The zero-order valence-electron chi connectivity index (χ0n) is 18.3. The SMILES string of the molecule is CNC(=O)C1CN(C(=O)OC(C)(C)C)CC1Nc1ncnc2c(C(=O)OC)cccc12. The second kappa shape index (κ2) is 8.75. The third-order valence-electron chi connectivity index (χ3n) is 4.95. The van der Waals surface area contributed by atoms with Gasteiger partial charge in [0.1, 0.15) is 17.7 Å². The Morgan fingerprint density at radius 2 is 1.90 bits per heavy atom. The minimum absolute atomic E-state index is 0.197. The van der Waals surface area contributed by atoms with Gasteiger partial charge in [-0.15, -0.1) is 0 Å². The fraction of sp³-hybridized carbons (Fsp3) is 0.476. The summed E-state index contributed by atoms with van der Waals surface area (Å²) in [6.45, 7) is 5.84. The number of para-hydroxylation sites is 1. The van der Waals surface area contributed by atoms with E-state index in [1.54, 1.807) is 46.0 Å². The lowest BCUT2D eigenvalue weighted by molar-refractivity contribution is -0.124. The van der Waals surface area contributed by atoms with E-state index >= 15 is 0 Å². The molecule has 2 atom stereocenters. The molecule has 3 rings (SSSR count). The van der Waals surface area contributed by atoms with Crippen LogP contribution in [-0.2, 0) is 14.3 Å². The molecule has 1 aromatic heterocycles.